The first-order valence-electron chi connectivity index (χ1n) is 8.12. The van der Waals surface area contributed by atoms with Gasteiger partial charge in [-0.15, -0.1) is 0 Å². The lowest BCUT2D eigenvalue weighted by Gasteiger charge is -2.28. The first-order valence-corrected chi connectivity index (χ1v) is 8.12. The fourth-order valence-corrected chi connectivity index (χ4v) is 3.58. The number of rotatable bonds is 3. The summed E-state index contributed by atoms with van der Waals surface area (Å²) in [5.41, 5.74) is 6.80. The molecule has 118 valence electrons. The van der Waals surface area contributed by atoms with Crippen LogP contribution in [0.4, 0.5) is 5.82 Å². The Balaban J connectivity index is 1.38. The van der Waals surface area contributed by atoms with E-state index in [9.17, 15) is 0 Å². The molecule has 1 saturated carbocycles. The summed E-state index contributed by atoms with van der Waals surface area (Å²) in [7, 11) is 0. The van der Waals surface area contributed by atoms with Crippen LogP contribution in [0.1, 0.15) is 24.8 Å². The molecule has 1 aromatic rings. The van der Waals surface area contributed by atoms with Crippen molar-refractivity contribution in [1.29, 1.82) is 5.26 Å². The highest BCUT2D eigenvalue weighted by Gasteiger charge is 2.34. The molecule has 3 N–H and O–H groups in total. The van der Waals surface area contributed by atoms with Crippen LogP contribution in [-0.2, 0) is 0 Å². The predicted molar refractivity (Wildman–Crippen MR) is 88.0 cm³/mol. The third kappa shape index (κ3) is 2.76. The van der Waals surface area contributed by atoms with E-state index in [4.69, 9.17) is 5.26 Å². The Morgan fingerprint density at radius 1 is 1.35 bits per heavy atom. The molecule has 0 radical (unpaired) electrons. The molecule has 23 heavy (non-hydrogen) atoms. The summed E-state index contributed by atoms with van der Waals surface area (Å²) in [6.07, 6.45) is 9.37. The predicted octanol–water partition coefficient (Wildman–Crippen LogP) is 1.48. The van der Waals surface area contributed by atoms with Gasteiger partial charge in [0.05, 0.1) is 11.3 Å². The molecule has 0 aromatic carbocycles. The van der Waals surface area contributed by atoms with E-state index in [1.54, 1.807) is 12.3 Å². The highest BCUT2D eigenvalue weighted by molar-refractivity contribution is 5.40. The van der Waals surface area contributed by atoms with E-state index in [-0.39, 0.29) is 0 Å². The van der Waals surface area contributed by atoms with E-state index in [2.05, 4.69) is 44.4 Å². The van der Waals surface area contributed by atoms with Crippen molar-refractivity contribution in [2.24, 2.45) is 0 Å². The van der Waals surface area contributed by atoms with Crippen LogP contribution in [0, 0.1) is 11.3 Å². The number of nitrogens with one attached hydrogen (secondary N) is 3. The monoisotopic (exact) mass is 308 g/mol. The van der Waals surface area contributed by atoms with Crippen molar-refractivity contribution in [3.8, 4) is 6.07 Å². The number of dihydropyridines is 1. The number of aromatic nitrogens is 1. The second kappa shape index (κ2) is 5.94. The molecule has 0 unspecified atom stereocenters. The SMILES string of the molecule is N#Cc1ccc(N[C@@H]2CC[C@H](N3NCC4=CCNC=C43)C2)nc1. The van der Waals surface area contributed by atoms with Crippen molar-refractivity contribution < 1.29 is 0 Å². The molecule has 2 atom stereocenters. The number of anilines is 1. The van der Waals surface area contributed by atoms with E-state index in [1.807, 2.05) is 6.07 Å². The van der Waals surface area contributed by atoms with Crippen LogP contribution in [-0.4, -0.2) is 35.2 Å². The van der Waals surface area contributed by atoms with Crippen molar-refractivity contribution in [2.45, 2.75) is 31.3 Å². The highest BCUT2D eigenvalue weighted by atomic mass is 15.6. The van der Waals surface area contributed by atoms with Gasteiger partial charge in [-0.1, -0.05) is 6.08 Å². The number of nitriles is 1. The van der Waals surface area contributed by atoms with Crippen molar-refractivity contribution >= 4 is 5.82 Å². The smallest absolute Gasteiger partial charge is 0.126 e. The molecule has 2 fully saturated rings. The summed E-state index contributed by atoms with van der Waals surface area (Å²) >= 11 is 0. The largest absolute Gasteiger partial charge is 0.386 e. The first kappa shape index (κ1) is 14.1. The molecule has 0 spiro atoms. The lowest BCUT2D eigenvalue weighted by atomic mass is 10.1. The summed E-state index contributed by atoms with van der Waals surface area (Å²) in [6, 6.07) is 6.71. The lowest BCUT2D eigenvalue weighted by molar-refractivity contribution is 0.214. The van der Waals surface area contributed by atoms with Crippen LogP contribution in [0.15, 0.2) is 41.9 Å². The molecule has 4 rings (SSSR count). The third-order valence-corrected chi connectivity index (χ3v) is 4.75. The van der Waals surface area contributed by atoms with Crippen LogP contribution in [0.25, 0.3) is 0 Å². The average Bonchev–Trinajstić information content (AvgIpc) is 3.22. The van der Waals surface area contributed by atoms with E-state index in [0.29, 0.717) is 17.6 Å². The molecule has 2 aliphatic heterocycles. The van der Waals surface area contributed by atoms with Gasteiger partial charge in [-0.2, -0.15) is 5.26 Å². The molecule has 1 aliphatic carbocycles. The minimum atomic E-state index is 0.424. The van der Waals surface area contributed by atoms with Crippen LogP contribution in [0.5, 0.6) is 0 Å². The number of hydrogen-bond donors (Lipinski definition) is 3. The minimum absolute atomic E-state index is 0.424. The molecular weight excluding hydrogens is 288 g/mol. The third-order valence-electron chi connectivity index (χ3n) is 4.75. The zero-order chi connectivity index (χ0) is 15.6. The highest BCUT2D eigenvalue weighted by Crippen LogP contribution is 2.32. The normalized spacial score (nSPS) is 26.0. The zero-order valence-electron chi connectivity index (χ0n) is 12.9. The van der Waals surface area contributed by atoms with Gasteiger partial charge in [0, 0.05) is 37.6 Å². The number of nitrogens with zero attached hydrogens (tertiary/aromatic N) is 3. The van der Waals surface area contributed by atoms with Gasteiger partial charge >= 0.3 is 0 Å². The maximum Gasteiger partial charge on any atom is 0.126 e. The van der Waals surface area contributed by atoms with Gasteiger partial charge in [0.15, 0.2) is 0 Å². The number of hydrogen-bond acceptors (Lipinski definition) is 6. The topological polar surface area (TPSA) is 76.0 Å². The molecule has 3 heterocycles. The summed E-state index contributed by atoms with van der Waals surface area (Å²) in [4.78, 5) is 4.31. The van der Waals surface area contributed by atoms with Gasteiger partial charge < -0.3 is 15.6 Å². The van der Waals surface area contributed by atoms with Crippen molar-refractivity contribution in [3.05, 3.63) is 47.4 Å². The van der Waals surface area contributed by atoms with Crippen molar-refractivity contribution in [3.63, 3.8) is 0 Å². The number of fused-ring (bicyclic) bond motifs is 1. The fourth-order valence-electron chi connectivity index (χ4n) is 3.58. The summed E-state index contributed by atoms with van der Waals surface area (Å²) in [5, 5.41) is 17.9. The zero-order valence-corrected chi connectivity index (χ0v) is 12.9. The van der Waals surface area contributed by atoms with Crippen molar-refractivity contribution in [2.75, 3.05) is 18.4 Å². The quantitative estimate of drug-likeness (QED) is 0.785. The van der Waals surface area contributed by atoms with E-state index in [0.717, 1.165) is 38.2 Å². The molecule has 1 aromatic heterocycles. The summed E-state index contributed by atoms with van der Waals surface area (Å²) in [6.45, 7) is 1.85. The molecule has 0 amide bonds. The molecule has 1 saturated heterocycles. The van der Waals surface area contributed by atoms with Gasteiger partial charge in [0.2, 0.25) is 0 Å². The van der Waals surface area contributed by atoms with E-state index in [1.165, 1.54) is 11.3 Å². The maximum absolute atomic E-state index is 8.83. The number of hydrazine groups is 1. The maximum atomic E-state index is 8.83. The van der Waals surface area contributed by atoms with Gasteiger partial charge in [0.1, 0.15) is 11.9 Å². The summed E-state index contributed by atoms with van der Waals surface area (Å²) < 4.78 is 0. The van der Waals surface area contributed by atoms with Crippen LogP contribution in [0.2, 0.25) is 0 Å². The average molecular weight is 308 g/mol. The molecular formula is C17H20N6. The molecule has 0 bridgehead atoms. The second-order valence-electron chi connectivity index (χ2n) is 6.22. The van der Waals surface area contributed by atoms with Gasteiger partial charge in [0.25, 0.3) is 0 Å². The van der Waals surface area contributed by atoms with Gasteiger partial charge in [-0.3, -0.25) is 0 Å². The first-order chi connectivity index (χ1) is 11.3. The Morgan fingerprint density at radius 3 is 3.13 bits per heavy atom. The Morgan fingerprint density at radius 2 is 2.30 bits per heavy atom. The van der Waals surface area contributed by atoms with Crippen LogP contribution >= 0.6 is 0 Å². The molecule has 3 aliphatic rings. The molecule has 6 heteroatoms. The van der Waals surface area contributed by atoms with Gasteiger partial charge in [-0.05, 0) is 37.0 Å². The lowest BCUT2D eigenvalue weighted by Crippen LogP contribution is -2.39. The van der Waals surface area contributed by atoms with Gasteiger partial charge in [-0.25, -0.2) is 10.4 Å². The number of pyridine rings is 1. The molecule has 6 nitrogen and oxygen atoms in total. The van der Waals surface area contributed by atoms with Crippen LogP contribution < -0.4 is 16.1 Å². The Kier molecular flexibility index (Phi) is 3.64. The minimum Gasteiger partial charge on any atom is -0.386 e. The Labute approximate surface area is 135 Å². The van der Waals surface area contributed by atoms with Crippen LogP contribution in [0.3, 0.4) is 0 Å². The second-order valence-corrected chi connectivity index (χ2v) is 6.22. The standard InChI is InChI=1S/C17H20N6/c18-8-12-1-4-17(20-9-12)22-14-2-3-15(7-14)23-16-11-19-6-5-13(16)10-21-23/h1,4-5,9,11,14-15,19,21H,2-3,6-7,10H2,(H,20,22)/t14-,15+/m1/s1. The van der Waals surface area contributed by atoms with E-state index < -0.39 is 0 Å². The Hall–Kier alpha value is -2.52. The fraction of sp³-hybridized carbons (Fsp3) is 0.412. The Bertz CT molecular complexity index is 684. The van der Waals surface area contributed by atoms with Crippen molar-refractivity contribution in [1.82, 2.24) is 20.7 Å². The summed E-state index contributed by atoms with van der Waals surface area (Å²) in [5.74, 6) is 0.850. The van der Waals surface area contributed by atoms with E-state index >= 15 is 0 Å².